The predicted molar refractivity (Wildman–Crippen MR) is 72.6 cm³/mol. The fourth-order valence-electron chi connectivity index (χ4n) is 1.87. The quantitative estimate of drug-likeness (QED) is 0.922. The molecular weight excluding hydrogens is 246 g/mol. The summed E-state index contributed by atoms with van der Waals surface area (Å²) in [7, 11) is -1.08. The van der Waals surface area contributed by atoms with Gasteiger partial charge in [-0.1, -0.05) is 17.7 Å². The Labute approximate surface area is 109 Å². The van der Waals surface area contributed by atoms with Crippen LogP contribution in [-0.4, -0.2) is 4.21 Å². The molecule has 0 bridgehead atoms. The Bertz CT molecular complexity index is 575. The second kappa shape index (κ2) is 5.50. The lowest BCUT2D eigenvalue weighted by Gasteiger charge is -2.05. The molecule has 0 saturated heterocycles. The minimum Gasteiger partial charge on any atom is -0.464 e. The molecule has 1 aromatic carbocycles. The van der Waals surface area contributed by atoms with Gasteiger partial charge in [0.1, 0.15) is 11.5 Å². The Hall–Kier alpha value is -1.39. The molecule has 0 radical (unpaired) electrons. The van der Waals surface area contributed by atoms with Crippen molar-refractivity contribution in [3.63, 3.8) is 0 Å². The van der Waals surface area contributed by atoms with Crippen LogP contribution < -0.4 is 5.73 Å². The molecule has 2 aromatic rings. The van der Waals surface area contributed by atoms with Gasteiger partial charge >= 0.3 is 0 Å². The van der Waals surface area contributed by atoms with E-state index in [0.717, 1.165) is 16.2 Å². The summed E-state index contributed by atoms with van der Waals surface area (Å²) in [5.74, 6) is 1.83. The summed E-state index contributed by atoms with van der Waals surface area (Å²) in [5.41, 5.74) is 7.71. The standard InChI is InChI=1S/C14H17NO2S/c1-10-3-6-14(11(2)7-10)18(16)9-13-5-4-12(8-15)17-13/h3-7H,8-9,15H2,1-2H3. The highest BCUT2D eigenvalue weighted by molar-refractivity contribution is 7.84. The molecule has 1 aromatic heterocycles. The van der Waals surface area contributed by atoms with Crippen LogP contribution in [0.25, 0.3) is 0 Å². The molecular formula is C14H17NO2S. The summed E-state index contributed by atoms with van der Waals surface area (Å²) in [5, 5.41) is 0. The zero-order valence-corrected chi connectivity index (χ0v) is 11.4. The van der Waals surface area contributed by atoms with E-state index in [0.29, 0.717) is 18.1 Å². The van der Waals surface area contributed by atoms with Crippen LogP contribution in [0.2, 0.25) is 0 Å². The number of aryl methyl sites for hydroxylation is 2. The number of hydrogen-bond donors (Lipinski definition) is 1. The van der Waals surface area contributed by atoms with E-state index in [4.69, 9.17) is 10.2 Å². The Morgan fingerprint density at radius 3 is 2.50 bits per heavy atom. The Morgan fingerprint density at radius 2 is 1.89 bits per heavy atom. The molecule has 1 heterocycles. The van der Waals surface area contributed by atoms with Crippen molar-refractivity contribution in [2.75, 3.05) is 0 Å². The summed E-state index contributed by atoms with van der Waals surface area (Å²) < 4.78 is 17.7. The van der Waals surface area contributed by atoms with Crippen molar-refractivity contribution in [3.8, 4) is 0 Å². The maximum absolute atomic E-state index is 12.3. The van der Waals surface area contributed by atoms with E-state index < -0.39 is 10.8 Å². The maximum atomic E-state index is 12.3. The zero-order chi connectivity index (χ0) is 13.1. The van der Waals surface area contributed by atoms with Gasteiger partial charge in [0.05, 0.1) is 23.1 Å². The minimum atomic E-state index is -1.08. The fraction of sp³-hybridized carbons (Fsp3) is 0.286. The first-order valence-corrected chi connectivity index (χ1v) is 7.15. The number of furan rings is 1. The third kappa shape index (κ3) is 2.89. The monoisotopic (exact) mass is 263 g/mol. The minimum absolute atomic E-state index is 0.371. The molecule has 0 spiro atoms. The summed E-state index contributed by atoms with van der Waals surface area (Å²) >= 11 is 0. The molecule has 18 heavy (non-hydrogen) atoms. The summed E-state index contributed by atoms with van der Waals surface area (Å²) in [6.45, 7) is 4.38. The van der Waals surface area contributed by atoms with Gasteiger partial charge < -0.3 is 10.2 Å². The van der Waals surface area contributed by atoms with Crippen molar-refractivity contribution < 1.29 is 8.63 Å². The molecule has 2 N–H and O–H groups in total. The normalized spacial score (nSPS) is 12.6. The molecule has 0 amide bonds. The summed E-state index contributed by atoms with van der Waals surface area (Å²) in [4.78, 5) is 0.867. The van der Waals surface area contributed by atoms with Crippen LogP contribution in [0.3, 0.4) is 0 Å². The van der Waals surface area contributed by atoms with E-state index >= 15 is 0 Å². The van der Waals surface area contributed by atoms with Crippen molar-refractivity contribution >= 4 is 10.8 Å². The van der Waals surface area contributed by atoms with Gasteiger partial charge in [-0.25, -0.2) is 0 Å². The van der Waals surface area contributed by atoms with Crippen molar-refractivity contribution in [1.29, 1.82) is 0 Å². The lowest BCUT2D eigenvalue weighted by atomic mass is 10.2. The van der Waals surface area contributed by atoms with E-state index in [2.05, 4.69) is 0 Å². The van der Waals surface area contributed by atoms with Crippen LogP contribution in [0.1, 0.15) is 22.6 Å². The largest absolute Gasteiger partial charge is 0.464 e. The van der Waals surface area contributed by atoms with Crippen LogP contribution in [0, 0.1) is 13.8 Å². The first-order chi connectivity index (χ1) is 8.60. The van der Waals surface area contributed by atoms with Gasteiger partial charge in [-0.05, 0) is 37.6 Å². The second-order valence-electron chi connectivity index (χ2n) is 4.33. The summed E-state index contributed by atoms with van der Waals surface area (Å²) in [6.07, 6.45) is 0. The molecule has 0 saturated carbocycles. The highest BCUT2D eigenvalue weighted by atomic mass is 32.2. The van der Waals surface area contributed by atoms with Gasteiger partial charge in [0.15, 0.2) is 0 Å². The highest BCUT2D eigenvalue weighted by Gasteiger charge is 2.10. The maximum Gasteiger partial charge on any atom is 0.117 e. The lowest BCUT2D eigenvalue weighted by molar-refractivity contribution is 0.481. The van der Waals surface area contributed by atoms with Crippen LogP contribution in [0.15, 0.2) is 39.6 Å². The molecule has 3 nitrogen and oxygen atoms in total. The van der Waals surface area contributed by atoms with Gasteiger partial charge in [0.2, 0.25) is 0 Å². The third-order valence-electron chi connectivity index (χ3n) is 2.77. The molecule has 2 rings (SSSR count). The first-order valence-electron chi connectivity index (χ1n) is 5.83. The van der Waals surface area contributed by atoms with Crippen LogP contribution in [0.5, 0.6) is 0 Å². The van der Waals surface area contributed by atoms with Gasteiger partial charge in [0, 0.05) is 4.90 Å². The Morgan fingerprint density at radius 1 is 1.17 bits per heavy atom. The van der Waals surface area contributed by atoms with Gasteiger partial charge in [-0.2, -0.15) is 0 Å². The average Bonchev–Trinajstić information content (AvgIpc) is 2.76. The van der Waals surface area contributed by atoms with Gasteiger partial charge in [0.25, 0.3) is 0 Å². The Kier molecular flexibility index (Phi) is 3.99. The van der Waals surface area contributed by atoms with E-state index in [1.165, 1.54) is 5.56 Å². The van der Waals surface area contributed by atoms with Gasteiger partial charge in [-0.15, -0.1) is 0 Å². The van der Waals surface area contributed by atoms with Crippen molar-refractivity contribution in [3.05, 3.63) is 53.0 Å². The van der Waals surface area contributed by atoms with Crippen LogP contribution >= 0.6 is 0 Å². The second-order valence-corrected chi connectivity index (χ2v) is 5.75. The summed E-state index contributed by atoms with van der Waals surface area (Å²) in [6, 6.07) is 9.61. The van der Waals surface area contributed by atoms with E-state index in [-0.39, 0.29) is 0 Å². The molecule has 0 aliphatic carbocycles. The predicted octanol–water partition coefficient (Wildman–Crippen LogP) is 2.66. The molecule has 0 aliphatic heterocycles. The fourth-order valence-corrected chi connectivity index (χ4v) is 3.08. The SMILES string of the molecule is Cc1ccc(S(=O)Cc2ccc(CN)o2)c(C)c1. The highest BCUT2D eigenvalue weighted by Crippen LogP contribution is 2.19. The smallest absolute Gasteiger partial charge is 0.117 e. The number of benzene rings is 1. The molecule has 1 atom stereocenters. The van der Waals surface area contributed by atoms with E-state index in [1.807, 2.05) is 44.2 Å². The lowest BCUT2D eigenvalue weighted by Crippen LogP contribution is -1.98. The van der Waals surface area contributed by atoms with E-state index in [9.17, 15) is 4.21 Å². The van der Waals surface area contributed by atoms with E-state index in [1.54, 1.807) is 0 Å². The number of hydrogen-bond acceptors (Lipinski definition) is 3. The Balaban J connectivity index is 2.16. The molecule has 0 aliphatic rings. The van der Waals surface area contributed by atoms with Crippen LogP contribution in [0.4, 0.5) is 0 Å². The molecule has 0 fully saturated rings. The number of nitrogens with two attached hydrogens (primary N) is 1. The van der Waals surface area contributed by atoms with Crippen molar-refractivity contribution in [1.82, 2.24) is 0 Å². The zero-order valence-electron chi connectivity index (χ0n) is 10.6. The third-order valence-corrected chi connectivity index (χ3v) is 4.26. The number of rotatable bonds is 4. The topological polar surface area (TPSA) is 56.2 Å². The first kappa shape index (κ1) is 13.1. The van der Waals surface area contributed by atoms with Crippen molar-refractivity contribution in [2.45, 2.75) is 31.0 Å². The average molecular weight is 263 g/mol. The van der Waals surface area contributed by atoms with Gasteiger partial charge in [-0.3, -0.25) is 4.21 Å². The van der Waals surface area contributed by atoms with Crippen LogP contribution in [-0.2, 0) is 23.1 Å². The molecule has 1 unspecified atom stereocenters. The van der Waals surface area contributed by atoms with Crippen molar-refractivity contribution in [2.24, 2.45) is 5.73 Å². The molecule has 96 valence electrons. The molecule has 4 heteroatoms.